The normalized spacial score (nSPS) is 13.9. The zero-order chi connectivity index (χ0) is 45.6. The third-order valence-corrected chi connectivity index (χ3v) is 14.1. The van der Waals surface area contributed by atoms with Crippen LogP contribution in [-0.2, 0) is 27.1 Å². The lowest BCUT2D eigenvalue weighted by Gasteiger charge is -2.30. The van der Waals surface area contributed by atoms with E-state index in [1.807, 2.05) is 6.20 Å². The molecule has 0 radical (unpaired) electrons. The summed E-state index contributed by atoms with van der Waals surface area (Å²) < 4.78 is 2.39. The molecule has 0 bridgehead atoms. The van der Waals surface area contributed by atoms with Gasteiger partial charge in [-0.1, -0.05) is 169 Å². The van der Waals surface area contributed by atoms with Crippen LogP contribution >= 0.6 is 0 Å². The summed E-state index contributed by atoms with van der Waals surface area (Å²) >= 11 is 0. The molecule has 0 saturated heterocycles. The smallest absolute Gasteiger partial charge is 0.137 e. The second kappa shape index (κ2) is 15.3. The van der Waals surface area contributed by atoms with Crippen LogP contribution in [0.5, 0.6) is 0 Å². The van der Waals surface area contributed by atoms with Gasteiger partial charge in [0.05, 0.1) is 22.4 Å². The van der Waals surface area contributed by atoms with Gasteiger partial charge >= 0.3 is 0 Å². The number of pyridine rings is 1. The molecule has 0 N–H and O–H groups in total. The molecule has 326 valence electrons. The Kier molecular flexibility index (Phi) is 10.3. The van der Waals surface area contributed by atoms with Crippen LogP contribution < -0.4 is 9.80 Å². The summed E-state index contributed by atoms with van der Waals surface area (Å²) in [6.07, 6.45) is 1.97. The Morgan fingerprint density at radius 3 is 1.55 bits per heavy atom. The largest absolute Gasteiger partial charge is 0.321 e. The van der Waals surface area contributed by atoms with Gasteiger partial charge < -0.3 is 9.80 Å². The molecule has 0 aliphatic carbocycles. The summed E-state index contributed by atoms with van der Waals surface area (Å²) in [5.41, 5.74) is 15.9. The zero-order valence-electron chi connectivity index (χ0n) is 40.4. The molecule has 4 heteroatoms. The number of aromatic nitrogens is 2. The molecule has 1 aliphatic heterocycles. The molecule has 0 unspecified atom stereocenters. The molecular weight excluding hydrogens is 777 g/mol. The number of hydrogen-bond donors (Lipinski definition) is 0. The monoisotopic (exact) mass is 843 g/mol. The highest BCUT2D eigenvalue weighted by Crippen LogP contribution is 2.47. The van der Waals surface area contributed by atoms with Crippen molar-refractivity contribution in [2.45, 2.75) is 117 Å². The second-order valence-corrected chi connectivity index (χ2v) is 22.4. The standard InChI is InChI=1S/C60H66N4/c1-56(2,3)41-30-31-61-55(38-41)64-51-29-27-43(59(10,11)40-20-15-14-16-21-40)36-50(51)49-28-26-44(37-54(49)64)60(12,13)42-22-19-23-47(33-42)62-39-63(53-25-18-17-24-52(53)62)48-34-45(57(4,5)6)32-46(35-48)58(7,8)9/h14-38H,39H2,1-13H3. The Hall–Kier alpha value is -6.13. The van der Waals surface area contributed by atoms with E-state index in [2.05, 4.69) is 250 Å². The van der Waals surface area contributed by atoms with Crippen LogP contribution in [0, 0.1) is 0 Å². The molecule has 9 rings (SSSR count). The fourth-order valence-electron chi connectivity index (χ4n) is 9.59. The van der Waals surface area contributed by atoms with Crippen molar-refractivity contribution in [1.29, 1.82) is 0 Å². The summed E-state index contributed by atoms with van der Waals surface area (Å²) in [4.78, 5) is 10.0. The first-order chi connectivity index (χ1) is 30.1. The Labute approximate surface area is 382 Å². The highest BCUT2D eigenvalue weighted by molar-refractivity contribution is 6.09. The minimum atomic E-state index is -0.311. The maximum atomic E-state index is 5.05. The van der Waals surface area contributed by atoms with E-state index in [-0.39, 0.29) is 27.1 Å². The molecule has 1 aliphatic rings. The first kappa shape index (κ1) is 43.1. The predicted molar refractivity (Wildman–Crippen MR) is 274 cm³/mol. The van der Waals surface area contributed by atoms with Crippen molar-refractivity contribution in [2.75, 3.05) is 16.5 Å². The molecular formula is C60H66N4. The lowest BCUT2D eigenvalue weighted by Crippen LogP contribution is -2.26. The topological polar surface area (TPSA) is 24.3 Å². The number of fused-ring (bicyclic) bond motifs is 4. The highest BCUT2D eigenvalue weighted by Gasteiger charge is 2.32. The lowest BCUT2D eigenvalue weighted by atomic mass is 9.77. The van der Waals surface area contributed by atoms with Gasteiger partial charge in [-0.15, -0.1) is 0 Å². The van der Waals surface area contributed by atoms with Crippen LogP contribution in [0.15, 0.2) is 152 Å². The van der Waals surface area contributed by atoms with E-state index in [9.17, 15) is 0 Å². The van der Waals surface area contributed by atoms with E-state index in [1.54, 1.807) is 0 Å². The van der Waals surface area contributed by atoms with Crippen molar-refractivity contribution in [2.24, 2.45) is 0 Å². The van der Waals surface area contributed by atoms with Crippen molar-refractivity contribution < 1.29 is 0 Å². The predicted octanol–water partition coefficient (Wildman–Crippen LogP) is 16.0. The molecule has 0 atom stereocenters. The SMILES string of the molecule is CC(C)(C)c1cc(N2CN(c3cccc(C(C)(C)c4ccc5c6cc(C(C)(C)c7ccccc7)ccc6n(-c6cc(C(C)(C)C)ccn6)c5c4)c3)c3ccccc32)cc(C(C)(C)C)c1. The van der Waals surface area contributed by atoms with E-state index in [1.165, 1.54) is 78.0 Å². The Morgan fingerprint density at radius 2 is 0.906 bits per heavy atom. The van der Waals surface area contributed by atoms with Gasteiger partial charge in [0.2, 0.25) is 0 Å². The van der Waals surface area contributed by atoms with Gasteiger partial charge in [-0.25, -0.2) is 4.98 Å². The van der Waals surface area contributed by atoms with Crippen LogP contribution in [-0.4, -0.2) is 16.2 Å². The van der Waals surface area contributed by atoms with Crippen LogP contribution in [0.1, 0.15) is 129 Å². The van der Waals surface area contributed by atoms with Crippen LogP contribution in [0.4, 0.5) is 22.7 Å². The minimum Gasteiger partial charge on any atom is -0.321 e. The quantitative estimate of drug-likeness (QED) is 0.160. The highest BCUT2D eigenvalue weighted by atomic mass is 15.4. The van der Waals surface area contributed by atoms with Gasteiger partial charge in [-0.3, -0.25) is 4.57 Å². The Morgan fingerprint density at radius 1 is 0.375 bits per heavy atom. The number of hydrogen-bond acceptors (Lipinski definition) is 3. The first-order valence-corrected chi connectivity index (χ1v) is 23.1. The van der Waals surface area contributed by atoms with Crippen molar-refractivity contribution in [3.05, 3.63) is 191 Å². The van der Waals surface area contributed by atoms with Crippen molar-refractivity contribution in [3.8, 4) is 5.82 Å². The number of benzene rings is 6. The molecule has 0 amide bonds. The molecule has 6 aromatic carbocycles. The maximum Gasteiger partial charge on any atom is 0.137 e. The number of anilines is 4. The fourth-order valence-corrected chi connectivity index (χ4v) is 9.59. The molecule has 2 aromatic heterocycles. The summed E-state index contributed by atoms with van der Waals surface area (Å²) in [5.74, 6) is 0.944. The van der Waals surface area contributed by atoms with E-state index in [0.717, 1.165) is 18.0 Å². The van der Waals surface area contributed by atoms with Gasteiger partial charge in [0.15, 0.2) is 0 Å². The Balaban J connectivity index is 1.14. The van der Waals surface area contributed by atoms with E-state index in [4.69, 9.17) is 4.98 Å². The molecule has 64 heavy (non-hydrogen) atoms. The van der Waals surface area contributed by atoms with Crippen molar-refractivity contribution in [3.63, 3.8) is 0 Å². The molecule has 4 nitrogen and oxygen atoms in total. The summed E-state index contributed by atoms with van der Waals surface area (Å²) in [6, 6.07) is 54.8. The third kappa shape index (κ3) is 7.59. The second-order valence-electron chi connectivity index (χ2n) is 22.4. The van der Waals surface area contributed by atoms with E-state index in [0.29, 0.717) is 0 Å². The Bertz CT molecular complexity index is 3000. The van der Waals surface area contributed by atoms with Gasteiger partial charge in [0.1, 0.15) is 12.5 Å². The molecule has 0 saturated carbocycles. The molecule has 0 fully saturated rings. The van der Waals surface area contributed by atoms with Crippen molar-refractivity contribution >= 4 is 44.6 Å². The molecule has 3 heterocycles. The first-order valence-electron chi connectivity index (χ1n) is 23.1. The zero-order valence-corrected chi connectivity index (χ0v) is 40.4. The number of nitrogens with zero attached hydrogens (tertiary/aromatic N) is 4. The number of para-hydroxylation sites is 2. The summed E-state index contributed by atoms with van der Waals surface area (Å²) in [7, 11) is 0. The van der Waals surface area contributed by atoms with Gasteiger partial charge in [0, 0.05) is 39.2 Å². The van der Waals surface area contributed by atoms with Gasteiger partial charge in [-0.2, -0.15) is 0 Å². The maximum absolute atomic E-state index is 5.05. The average molecular weight is 843 g/mol. The van der Waals surface area contributed by atoms with Gasteiger partial charge in [-0.05, 0) is 122 Å². The number of rotatable bonds is 7. The van der Waals surface area contributed by atoms with E-state index < -0.39 is 0 Å². The average Bonchev–Trinajstić information content (AvgIpc) is 3.81. The van der Waals surface area contributed by atoms with Crippen molar-refractivity contribution in [1.82, 2.24) is 9.55 Å². The van der Waals surface area contributed by atoms with Gasteiger partial charge in [0.25, 0.3) is 0 Å². The van der Waals surface area contributed by atoms with E-state index >= 15 is 0 Å². The molecule has 0 spiro atoms. The summed E-state index contributed by atoms with van der Waals surface area (Å²) in [5, 5.41) is 2.47. The fraction of sp³-hybridized carbons (Fsp3) is 0.317. The van der Waals surface area contributed by atoms with Crippen LogP contribution in [0.3, 0.4) is 0 Å². The minimum absolute atomic E-state index is 0.0137. The lowest BCUT2D eigenvalue weighted by molar-refractivity contribution is 0.568. The summed E-state index contributed by atoms with van der Waals surface area (Å²) in [6.45, 7) is 30.9. The molecule has 8 aromatic rings. The third-order valence-electron chi connectivity index (χ3n) is 14.1. The van der Waals surface area contributed by atoms with Crippen LogP contribution in [0.25, 0.3) is 27.6 Å². The van der Waals surface area contributed by atoms with Crippen LogP contribution in [0.2, 0.25) is 0 Å².